The zero-order chi connectivity index (χ0) is 12.7. The average molecular weight is 231 g/mol. The Bertz CT molecular complexity index is 403. The summed E-state index contributed by atoms with van der Waals surface area (Å²) in [6.45, 7) is 2.75. The van der Waals surface area contributed by atoms with Crippen molar-refractivity contribution < 1.29 is 9.90 Å². The molecule has 2 N–H and O–H groups in total. The summed E-state index contributed by atoms with van der Waals surface area (Å²) in [6.07, 6.45) is 7.39. The van der Waals surface area contributed by atoms with Gasteiger partial charge in [-0.1, -0.05) is 31.4 Å². The summed E-state index contributed by atoms with van der Waals surface area (Å²) in [4.78, 5) is 10.7. The van der Waals surface area contributed by atoms with E-state index >= 15 is 0 Å². The molecule has 0 bridgehead atoms. The summed E-state index contributed by atoms with van der Waals surface area (Å²) >= 11 is 0. The molecule has 17 heavy (non-hydrogen) atoms. The third-order valence-electron chi connectivity index (χ3n) is 2.53. The zero-order valence-corrected chi connectivity index (χ0v) is 9.94. The Labute approximate surface area is 102 Å². The van der Waals surface area contributed by atoms with Gasteiger partial charge in [-0.25, -0.2) is 4.79 Å². The molecule has 0 aromatic heterocycles. The molecule has 1 aromatic carbocycles. The van der Waals surface area contributed by atoms with E-state index in [1.165, 1.54) is 0 Å². The highest BCUT2D eigenvalue weighted by Crippen LogP contribution is 2.05. The maximum atomic E-state index is 10.7. The van der Waals surface area contributed by atoms with Crippen LogP contribution in [0.1, 0.15) is 35.7 Å². The Morgan fingerprint density at radius 2 is 2.12 bits per heavy atom. The summed E-state index contributed by atoms with van der Waals surface area (Å²) in [5.74, 6) is 1.79. The van der Waals surface area contributed by atoms with Gasteiger partial charge in [-0.2, -0.15) is 0 Å². The normalized spacial score (nSPS) is 11.8. The summed E-state index contributed by atoms with van der Waals surface area (Å²) in [7, 11) is 0. The largest absolute Gasteiger partial charge is 0.478 e. The van der Waals surface area contributed by atoms with Crippen molar-refractivity contribution in [3.63, 3.8) is 0 Å². The first-order chi connectivity index (χ1) is 8.17. The number of benzene rings is 1. The van der Waals surface area contributed by atoms with Crippen molar-refractivity contribution in [2.75, 3.05) is 0 Å². The second-order valence-corrected chi connectivity index (χ2v) is 3.89. The number of carboxylic acid groups (broad SMARTS) is 1. The third kappa shape index (κ3) is 4.29. The van der Waals surface area contributed by atoms with E-state index in [-0.39, 0.29) is 6.04 Å². The Morgan fingerprint density at radius 3 is 2.59 bits per heavy atom. The zero-order valence-electron chi connectivity index (χ0n) is 9.94. The lowest BCUT2D eigenvalue weighted by molar-refractivity contribution is 0.0697. The lowest BCUT2D eigenvalue weighted by Crippen LogP contribution is -2.26. The van der Waals surface area contributed by atoms with E-state index in [0.717, 1.165) is 18.4 Å². The fraction of sp³-hybridized carbons (Fsp3) is 0.357. The fourth-order valence-corrected chi connectivity index (χ4v) is 1.54. The van der Waals surface area contributed by atoms with Crippen molar-refractivity contribution in [3.05, 3.63) is 35.4 Å². The molecule has 1 atom stereocenters. The Hall–Kier alpha value is -1.79. The van der Waals surface area contributed by atoms with E-state index in [4.69, 9.17) is 11.5 Å². The van der Waals surface area contributed by atoms with Gasteiger partial charge < -0.3 is 5.11 Å². The van der Waals surface area contributed by atoms with Crippen LogP contribution in [0.15, 0.2) is 24.3 Å². The van der Waals surface area contributed by atoms with Gasteiger partial charge in [0.1, 0.15) is 0 Å². The lowest BCUT2D eigenvalue weighted by atomic mass is 10.1. The van der Waals surface area contributed by atoms with Gasteiger partial charge in [-0.05, 0) is 24.1 Å². The van der Waals surface area contributed by atoms with E-state index in [0.29, 0.717) is 12.1 Å². The molecule has 1 rings (SSSR count). The van der Waals surface area contributed by atoms with Gasteiger partial charge in [0.25, 0.3) is 0 Å². The van der Waals surface area contributed by atoms with Gasteiger partial charge >= 0.3 is 5.97 Å². The monoisotopic (exact) mass is 231 g/mol. The molecule has 1 unspecified atom stereocenters. The van der Waals surface area contributed by atoms with Crippen LogP contribution < -0.4 is 5.32 Å². The second kappa shape index (κ2) is 6.72. The molecule has 0 radical (unpaired) electrons. The van der Waals surface area contributed by atoms with Crippen LogP contribution in [0.4, 0.5) is 0 Å². The first-order valence-electron chi connectivity index (χ1n) is 5.69. The van der Waals surface area contributed by atoms with Crippen molar-refractivity contribution in [1.82, 2.24) is 5.32 Å². The number of aromatic carboxylic acids is 1. The van der Waals surface area contributed by atoms with Gasteiger partial charge in [0, 0.05) is 6.54 Å². The molecule has 0 heterocycles. The molecule has 0 aliphatic heterocycles. The molecule has 3 heteroatoms. The molecule has 0 aliphatic carbocycles. The number of rotatable bonds is 6. The smallest absolute Gasteiger partial charge is 0.335 e. The highest BCUT2D eigenvalue weighted by molar-refractivity contribution is 5.87. The molecule has 1 aromatic rings. The van der Waals surface area contributed by atoms with Crippen LogP contribution in [0, 0.1) is 12.3 Å². The molecule has 3 nitrogen and oxygen atoms in total. The molecule has 0 spiro atoms. The number of terminal acetylenes is 1. The van der Waals surface area contributed by atoms with E-state index in [1.54, 1.807) is 24.3 Å². The number of carbonyl (C=O) groups is 1. The minimum atomic E-state index is -0.906. The predicted molar refractivity (Wildman–Crippen MR) is 67.8 cm³/mol. The SMILES string of the molecule is C#CC(CCC)NCc1ccc(C(=O)O)cc1. The van der Waals surface area contributed by atoms with Crippen LogP contribution in [0.25, 0.3) is 0 Å². The number of hydrogen-bond acceptors (Lipinski definition) is 2. The Kier molecular flexibility index (Phi) is 5.25. The summed E-state index contributed by atoms with van der Waals surface area (Å²) in [5, 5.41) is 12.0. The van der Waals surface area contributed by atoms with Crippen LogP contribution in [-0.2, 0) is 6.54 Å². The average Bonchev–Trinajstić information content (AvgIpc) is 2.35. The first kappa shape index (κ1) is 13.3. The highest BCUT2D eigenvalue weighted by atomic mass is 16.4. The van der Waals surface area contributed by atoms with Crippen molar-refractivity contribution in [2.24, 2.45) is 0 Å². The quantitative estimate of drug-likeness (QED) is 0.738. The second-order valence-electron chi connectivity index (χ2n) is 3.89. The van der Waals surface area contributed by atoms with Crippen LogP contribution in [-0.4, -0.2) is 17.1 Å². The van der Waals surface area contributed by atoms with Crippen molar-refractivity contribution in [3.8, 4) is 12.3 Å². The van der Waals surface area contributed by atoms with Crippen LogP contribution in [0.3, 0.4) is 0 Å². The molecule has 0 saturated heterocycles. The van der Waals surface area contributed by atoms with Crippen molar-refractivity contribution >= 4 is 5.97 Å². The van der Waals surface area contributed by atoms with E-state index < -0.39 is 5.97 Å². The minimum Gasteiger partial charge on any atom is -0.478 e. The van der Waals surface area contributed by atoms with Gasteiger partial charge in [0.05, 0.1) is 11.6 Å². The Balaban J connectivity index is 2.52. The minimum absolute atomic E-state index is 0.0825. The van der Waals surface area contributed by atoms with Crippen LogP contribution >= 0.6 is 0 Å². The summed E-state index contributed by atoms with van der Waals surface area (Å²) in [6, 6.07) is 6.89. The molecule has 90 valence electrons. The maximum absolute atomic E-state index is 10.7. The lowest BCUT2D eigenvalue weighted by Gasteiger charge is -2.11. The number of carboxylic acids is 1. The van der Waals surface area contributed by atoms with Crippen molar-refractivity contribution in [2.45, 2.75) is 32.4 Å². The molecule has 0 aliphatic rings. The van der Waals surface area contributed by atoms with Gasteiger partial charge in [-0.15, -0.1) is 6.42 Å². The predicted octanol–water partition coefficient (Wildman–Crippen LogP) is 2.28. The van der Waals surface area contributed by atoms with E-state index in [9.17, 15) is 4.79 Å². The standard InChI is InChI=1S/C14H17NO2/c1-3-5-13(4-2)15-10-11-6-8-12(9-7-11)14(16)17/h2,6-9,13,15H,3,5,10H2,1H3,(H,16,17). The molecular formula is C14H17NO2. The Morgan fingerprint density at radius 1 is 1.47 bits per heavy atom. The topological polar surface area (TPSA) is 49.3 Å². The van der Waals surface area contributed by atoms with E-state index in [2.05, 4.69) is 18.2 Å². The molecule has 0 fully saturated rings. The van der Waals surface area contributed by atoms with Crippen LogP contribution in [0.5, 0.6) is 0 Å². The van der Waals surface area contributed by atoms with Gasteiger partial charge in [0.15, 0.2) is 0 Å². The first-order valence-corrected chi connectivity index (χ1v) is 5.69. The van der Waals surface area contributed by atoms with Gasteiger partial charge in [0.2, 0.25) is 0 Å². The maximum Gasteiger partial charge on any atom is 0.335 e. The summed E-state index contributed by atoms with van der Waals surface area (Å²) < 4.78 is 0. The van der Waals surface area contributed by atoms with Crippen molar-refractivity contribution in [1.29, 1.82) is 0 Å². The fourth-order valence-electron chi connectivity index (χ4n) is 1.54. The van der Waals surface area contributed by atoms with E-state index in [1.807, 2.05) is 0 Å². The van der Waals surface area contributed by atoms with Gasteiger partial charge in [-0.3, -0.25) is 5.32 Å². The number of hydrogen-bond donors (Lipinski definition) is 2. The molecular weight excluding hydrogens is 214 g/mol. The number of nitrogens with one attached hydrogen (secondary N) is 1. The third-order valence-corrected chi connectivity index (χ3v) is 2.53. The summed E-state index contributed by atoms with van der Waals surface area (Å²) in [5.41, 5.74) is 1.34. The molecule has 0 amide bonds. The van der Waals surface area contributed by atoms with Crippen LogP contribution in [0.2, 0.25) is 0 Å². The highest BCUT2D eigenvalue weighted by Gasteiger charge is 2.04. The molecule has 0 saturated carbocycles.